The van der Waals surface area contributed by atoms with Gasteiger partial charge in [0.1, 0.15) is 18.1 Å². The average Bonchev–Trinajstić information content (AvgIpc) is 3.33. The summed E-state index contributed by atoms with van der Waals surface area (Å²) in [7, 11) is 1.13. The smallest absolute Gasteiger partial charge is 0.473 e. The van der Waals surface area contributed by atoms with Gasteiger partial charge in [-0.1, -0.05) is 18.2 Å². The number of hydrogen-bond acceptors (Lipinski definition) is 8. The number of methoxy groups -OCH3 is 1. The molecule has 2 heterocycles. The lowest BCUT2D eigenvalue weighted by Gasteiger charge is -2.12. The third-order valence-corrected chi connectivity index (χ3v) is 7.18. The number of phosphoric ester groups is 1. The number of nitrogens with one attached hydrogen (secondary N) is 1. The van der Waals surface area contributed by atoms with Gasteiger partial charge >= 0.3 is 7.82 Å². The standard InChI is InChI=1S/C30H32N5O6P/c1-5-40-42(37,38)41-20-35-19-28(22-9-6-8-21(12-22)17-31)27-15-24(18-32-30(27)35)23-13-25(16-26(14-23)39-4)33-29(36)10-7-11-34(2)3/h6-10,12-16,18-19H,5,11,20H2,1-4H3,(H,33,36)(H,37,38). The van der Waals surface area contributed by atoms with E-state index >= 15 is 0 Å². The number of benzene rings is 2. The van der Waals surface area contributed by atoms with Crippen LogP contribution in [0.5, 0.6) is 5.75 Å². The SMILES string of the molecule is CCOP(=O)(O)OCn1cc(-c2cccc(C#N)c2)c2cc(-c3cc(NC(=O)C=CCN(C)C)cc(OC)c3)cnc21. The molecule has 0 radical (unpaired) electrons. The lowest BCUT2D eigenvalue weighted by molar-refractivity contribution is -0.111. The number of ether oxygens (including phenoxy) is 1. The predicted octanol–water partition coefficient (Wildman–Crippen LogP) is 5.42. The minimum atomic E-state index is -4.25. The third kappa shape index (κ3) is 7.70. The summed E-state index contributed by atoms with van der Waals surface area (Å²) < 4.78 is 29.3. The van der Waals surface area contributed by atoms with E-state index in [9.17, 15) is 19.5 Å². The number of carbonyl (C=O) groups excluding carboxylic acids is 1. The molecule has 0 fully saturated rings. The number of aromatic nitrogens is 2. The highest BCUT2D eigenvalue weighted by atomic mass is 31.2. The molecule has 1 amide bonds. The summed E-state index contributed by atoms with van der Waals surface area (Å²) in [4.78, 5) is 29.0. The van der Waals surface area contributed by atoms with Gasteiger partial charge < -0.3 is 24.4 Å². The van der Waals surface area contributed by atoms with Gasteiger partial charge in [-0.25, -0.2) is 9.55 Å². The zero-order valence-corrected chi connectivity index (χ0v) is 24.7. The maximum absolute atomic E-state index is 12.5. The maximum Gasteiger partial charge on any atom is 0.473 e. The Hall–Kier alpha value is -4.30. The van der Waals surface area contributed by atoms with Crippen molar-refractivity contribution < 1.29 is 28.0 Å². The molecule has 11 nitrogen and oxygen atoms in total. The minimum Gasteiger partial charge on any atom is -0.497 e. The Labute approximate surface area is 244 Å². The summed E-state index contributed by atoms with van der Waals surface area (Å²) in [5, 5.41) is 13.0. The third-order valence-electron chi connectivity index (χ3n) is 6.15. The van der Waals surface area contributed by atoms with Crippen molar-refractivity contribution in [2.24, 2.45) is 0 Å². The first-order chi connectivity index (χ1) is 20.1. The molecule has 0 aliphatic heterocycles. The molecule has 0 spiro atoms. The molecule has 0 saturated carbocycles. The normalized spacial score (nSPS) is 12.9. The Balaban J connectivity index is 1.77. The van der Waals surface area contributed by atoms with Crippen molar-refractivity contribution in [3.63, 3.8) is 0 Å². The molecule has 0 aliphatic rings. The first kappa shape index (κ1) is 30.7. The molecule has 4 rings (SSSR count). The Bertz CT molecular complexity index is 1710. The molecule has 0 aliphatic carbocycles. The number of carbonyl (C=O) groups is 1. The van der Waals surface area contributed by atoms with Gasteiger partial charge in [-0.15, -0.1) is 0 Å². The minimum absolute atomic E-state index is 0.0172. The summed E-state index contributed by atoms with van der Waals surface area (Å²) in [6.45, 7) is 1.96. The lowest BCUT2D eigenvalue weighted by Crippen LogP contribution is -2.13. The predicted molar refractivity (Wildman–Crippen MR) is 161 cm³/mol. The van der Waals surface area contributed by atoms with Gasteiger partial charge in [0.25, 0.3) is 0 Å². The maximum atomic E-state index is 12.5. The number of likely N-dealkylation sites (N-methyl/N-ethyl adjacent to an activating group) is 1. The van der Waals surface area contributed by atoms with Crippen molar-refractivity contribution in [3.8, 4) is 34.1 Å². The van der Waals surface area contributed by atoms with Crippen molar-refractivity contribution in [1.29, 1.82) is 5.26 Å². The molecule has 1 unspecified atom stereocenters. The van der Waals surface area contributed by atoms with Gasteiger partial charge in [-0.05, 0) is 62.5 Å². The molecular weight excluding hydrogens is 557 g/mol. The number of rotatable bonds is 12. The van der Waals surface area contributed by atoms with E-state index in [-0.39, 0.29) is 19.2 Å². The van der Waals surface area contributed by atoms with Gasteiger partial charge in [-0.3, -0.25) is 13.8 Å². The van der Waals surface area contributed by atoms with E-state index in [1.54, 1.807) is 61.3 Å². The van der Waals surface area contributed by atoms with Crippen LogP contribution in [0.25, 0.3) is 33.3 Å². The number of phosphoric acid groups is 1. The Morgan fingerprint density at radius 2 is 1.98 bits per heavy atom. The zero-order valence-electron chi connectivity index (χ0n) is 23.8. The highest BCUT2D eigenvalue weighted by Gasteiger charge is 2.22. The van der Waals surface area contributed by atoms with E-state index in [2.05, 4.69) is 16.4 Å². The molecule has 2 aromatic carbocycles. The van der Waals surface area contributed by atoms with Gasteiger partial charge in [0.2, 0.25) is 5.91 Å². The Morgan fingerprint density at radius 3 is 2.69 bits per heavy atom. The number of hydrogen-bond donors (Lipinski definition) is 2. The van der Waals surface area contributed by atoms with Crippen LogP contribution in [0.2, 0.25) is 0 Å². The van der Waals surface area contributed by atoms with Crippen LogP contribution in [-0.2, 0) is 25.1 Å². The lowest BCUT2D eigenvalue weighted by atomic mass is 10.0. The zero-order chi connectivity index (χ0) is 30.3. The molecule has 2 aromatic heterocycles. The number of nitrogens with zero attached hydrogens (tertiary/aromatic N) is 4. The van der Waals surface area contributed by atoms with E-state index in [1.807, 2.05) is 43.3 Å². The van der Waals surface area contributed by atoms with Crippen molar-refractivity contribution in [3.05, 3.63) is 78.6 Å². The summed E-state index contributed by atoms with van der Waals surface area (Å²) in [5.74, 6) is 0.275. The van der Waals surface area contributed by atoms with Crippen LogP contribution in [0.1, 0.15) is 12.5 Å². The molecule has 0 saturated heterocycles. The molecule has 218 valence electrons. The fourth-order valence-corrected chi connectivity index (χ4v) is 4.93. The van der Waals surface area contributed by atoms with Gasteiger partial charge in [-0.2, -0.15) is 5.26 Å². The summed E-state index contributed by atoms with van der Waals surface area (Å²) in [6, 6.07) is 16.6. The van der Waals surface area contributed by atoms with Gasteiger partial charge in [0.05, 0.1) is 25.3 Å². The molecule has 12 heteroatoms. The average molecular weight is 590 g/mol. The Kier molecular flexibility index (Phi) is 9.91. The van der Waals surface area contributed by atoms with E-state index in [4.69, 9.17) is 13.8 Å². The van der Waals surface area contributed by atoms with Crippen molar-refractivity contribution in [1.82, 2.24) is 14.5 Å². The van der Waals surface area contributed by atoms with Crippen molar-refractivity contribution >= 4 is 30.5 Å². The van der Waals surface area contributed by atoms with Gasteiger partial charge in [0.15, 0.2) is 0 Å². The number of nitriles is 1. The molecular formula is C30H32N5O6P. The fraction of sp³-hybridized carbons (Fsp3) is 0.233. The molecule has 0 bridgehead atoms. The van der Waals surface area contributed by atoms with Crippen molar-refractivity contribution in [2.45, 2.75) is 13.7 Å². The molecule has 42 heavy (non-hydrogen) atoms. The first-order valence-corrected chi connectivity index (χ1v) is 14.5. The number of pyridine rings is 1. The second-order valence-electron chi connectivity index (χ2n) is 9.55. The summed E-state index contributed by atoms with van der Waals surface area (Å²) >= 11 is 0. The quantitative estimate of drug-likeness (QED) is 0.164. The Morgan fingerprint density at radius 1 is 1.17 bits per heavy atom. The van der Waals surface area contributed by atoms with Crippen molar-refractivity contribution in [2.75, 3.05) is 39.7 Å². The largest absolute Gasteiger partial charge is 0.497 e. The molecule has 2 N–H and O–H groups in total. The monoisotopic (exact) mass is 589 g/mol. The van der Waals surface area contributed by atoms with E-state index < -0.39 is 7.82 Å². The van der Waals surface area contributed by atoms with Crippen LogP contribution < -0.4 is 10.1 Å². The van der Waals surface area contributed by atoms with E-state index in [0.717, 1.165) is 27.6 Å². The number of anilines is 1. The molecule has 4 aromatic rings. The first-order valence-electron chi connectivity index (χ1n) is 13.1. The highest BCUT2D eigenvalue weighted by Crippen LogP contribution is 2.44. The number of fused-ring (bicyclic) bond motifs is 1. The summed E-state index contributed by atoms with van der Waals surface area (Å²) in [6.07, 6.45) is 6.67. The van der Waals surface area contributed by atoms with Gasteiger partial charge in [0, 0.05) is 53.3 Å². The molecule has 1 atom stereocenters. The fourth-order valence-electron chi connectivity index (χ4n) is 4.26. The summed E-state index contributed by atoms with van der Waals surface area (Å²) in [5.41, 5.74) is 4.51. The second kappa shape index (κ2) is 13.6. The topological polar surface area (TPSA) is 139 Å². The van der Waals surface area contributed by atoms with Crippen LogP contribution in [0, 0.1) is 11.3 Å². The van der Waals surface area contributed by atoms with Crippen LogP contribution in [0.15, 0.2) is 73.1 Å². The number of amides is 1. The second-order valence-corrected chi connectivity index (χ2v) is 11.0. The van der Waals surface area contributed by atoms with E-state index in [1.165, 1.54) is 6.08 Å². The van der Waals surface area contributed by atoms with Crippen LogP contribution in [0.3, 0.4) is 0 Å². The highest BCUT2D eigenvalue weighted by molar-refractivity contribution is 7.47. The van der Waals surface area contributed by atoms with E-state index in [0.29, 0.717) is 29.2 Å². The van der Waals surface area contributed by atoms with Crippen LogP contribution in [0.4, 0.5) is 5.69 Å². The van der Waals surface area contributed by atoms with Crippen LogP contribution >= 0.6 is 7.82 Å². The van der Waals surface area contributed by atoms with Crippen LogP contribution in [-0.4, -0.2) is 59.6 Å².